The Balaban J connectivity index is 2.32. The molecule has 0 saturated carbocycles. The molecule has 0 amide bonds. The van der Waals surface area contributed by atoms with Gasteiger partial charge in [-0.1, -0.05) is 6.92 Å². The van der Waals surface area contributed by atoms with Crippen LogP contribution in [0.15, 0.2) is 12.4 Å². The van der Waals surface area contributed by atoms with E-state index >= 15 is 0 Å². The normalized spacial score (nSPS) is 10.6. The van der Waals surface area contributed by atoms with E-state index in [4.69, 9.17) is 0 Å². The molecule has 0 radical (unpaired) electrons. The Hall–Kier alpha value is -1.36. The molecule has 0 bridgehead atoms. The molecule has 17 heavy (non-hydrogen) atoms. The molecule has 0 atom stereocenters. The van der Waals surface area contributed by atoms with Gasteiger partial charge in [-0.15, -0.1) is 0 Å². The topological polar surface area (TPSA) is 53.1 Å². The zero-order chi connectivity index (χ0) is 12.5. The SMILES string of the molecule is CCCNc1cncc(NCCCN(C)C)n1. The minimum Gasteiger partial charge on any atom is -0.369 e. The fourth-order valence-corrected chi connectivity index (χ4v) is 1.40. The van der Waals surface area contributed by atoms with Crippen molar-refractivity contribution in [1.82, 2.24) is 14.9 Å². The predicted molar refractivity (Wildman–Crippen MR) is 72.5 cm³/mol. The first-order valence-corrected chi connectivity index (χ1v) is 6.17. The standard InChI is InChI=1S/C12H23N5/c1-4-6-14-11-9-13-10-12(16-11)15-7-5-8-17(2)3/h9-10H,4-8H2,1-3H3,(H2,14,15,16). The van der Waals surface area contributed by atoms with E-state index in [-0.39, 0.29) is 0 Å². The Morgan fingerprint density at radius 1 is 1.12 bits per heavy atom. The maximum Gasteiger partial charge on any atom is 0.146 e. The van der Waals surface area contributed by atoms with Gasteiger partial charge in [0.2, 0.25) is 0 Å². The second-order valence-corrected chi connectivity index (χ2v) is 4.30. The lowest BCUT2D eigenvalue weighted by atomic mass is 10.4. The molecule has 5 nitrogen and oxygen atoms in total. The van der Waals surface area contributed by atoms with Crippen LogP contribution in [0.5, 0.6) is 0 Å². The van der Waals surface area contributed by atoms with Gasteiger partial charge in [0.15, 0.2) is 0 Å². The third-order valence-electron chi connectivity index (χ3n) is 2.28. The van der Waals surface area contributed by atoms with E-state index in [1.807, 2.05) is 0 Å². The highest BCUT2D eigenvalue weighted by Crippen LogP contribution is 2.06. The average molecular weight is 237 g/mol. The number of aromatic nitrogens is 2. The van der Waals surface area contributed by atoms with Crippen LogP contribution in [0, 0.1) is 0 Å². The molecule has 0 spiro atoms. The summed E-state index contributed by atoms with van der Waals surface area (Å²) in [4.78, 5) is 10.8. The number of anilines is 2. The second-order valence-electron chi connectivity index (χ2n) is 4.30. The molecule has 2 N–H and O–H groups in total. The summed E-state index contributed by atoms with van der Waals surface area (Å²) in [5, 5.41) is 6.50. The third-order valence-corrected chi connectivity index (χ3v) is 2.28. The van der Waals surface area contributed by atoms with Crippen LogP contribution in [-0.2, 0) is 0 Å². The van der Waals surface area contributed by atoms with E-state index < -0.39 is 0 Å². The van der Waals surface area contributed by atoms with Crippen molar-refractivity contribution in [3.8, 4) is 0 Å². The second kappa shape index (κ2) is 7.84. The van der Waals surface area contributed by atoms with Crippen molar-refractivity contribution in [2.24, 2.45) is 0 Å². The fourth-order valence-electron chi connectivity index (χ4n) is 1.40. The van der Waals surface area contributed by atoms with E-state index in [2.05, 4.69) is 46.5 Å². The van der Waals surface area contributed by atoms with Crippen LogP contribution in [0.4, 0.5) is 11.6 Å². The molecule has 0 aromatic carbocycles. The summed E-state index contributed by atoms with van der Waals surface area (Å²) >= 11 is 0. The molecule has 0 aliphatic carbocycles. The maximum absolute atomic E-state index is 4.43. The van der Waals surface area contributed by atoms with Crippen molar-refractivity contribution in [3.63, 3.8) is 0 Å². The number of hydrogen-bond acceptors (Lipinski definition) is 5. The van der Waals surface area contributed by atoms with E-state index in [0.29, 0.717) is 0 Å². The first kappa shape index (κ1) is 13.7. The minimum absolute atomic E-state index is 0.837. The van der Waals surface area contributed by atoms with Crippen molar-refractivity contribution in [2.45, 2.75) is 19.8 Å². The zero-order valence-corrected chi connectivity index (χ0v) is 11.0. The lowest BCUT2D eigenvalue weighted by Gasteiger charge is -2.10. The molecule has 1 heterocycles. The van der Waals surface area contributed by atoms with Crippen LogP contribution >= 0.6 is 0 Å². The number of rotatable bonds is 8. The van der Waals surface area contributed by atoms with Gasteiger partial charge in [-0.3, -0.25) is 4.98 Å². The zero-order valence-electron chi connectivity index (χ0n) is 11.0. The molecule has 0 aliphatic heterocycles. The van der Waals surface area contributed by atoms with Crippen LogP contribution in [0.3, 0.4) is 0 Å². The molecule has 1 aromatic rings. The Labute approximate surface area is 104 Å². The summed E-state index contributed by atoms with van der Waals surface area (Å²) < 4.78 is 0. The molecule has 0 unspecified atom stereocenters. The first-order chi connectivity index (χ1) is 8.22. The highest BCUT2D eigenvalue weighted by Gasteiger charge is 1.97. The molecule has 1 aromatic heterocycles. The number of nitrogens with one attached hydrogen (secondary N) is 2. The van der Waals surface area contributed by atoms with Gasteiger partial charge < -0.3 is 15.5 Å². The Bertz CT molecular complexity index is 314. The molecule has 0 saturated heterocycles. The lowest BCUT2D eigenvalue weighted by molar-refractivity contribution is 0.405. The van der Waals surface area contributed by atoms with Crippen molar-refractivity contribution < 1.29 is 0 Å². The summed E-state index contributed by atoms with van der Waals surface area (Å²) in [6.45, 7) is 5.06. The fraction of sp³-hybridized carbons (Fsp3) is 0.667. The quantitative estimate of drug-likeness (QED) is 0.674. The van der Waals surface area contributed by atoms with Crippen molar-refractivity contribution in [2.75, 3.05) is 44.4 Å². The van der Waals surface area contributed by atoms with E-state index in [0.717, 1.165) is 44.1 Å². The molecule has 96 valence electrons. The summed E-state index contributed by atoms with van der Waals surface area (Å²) in [6, 6.07) is 0. The van der Waals surface area contributed by atoms with Gasteiger partial charge >= 0.3 is 0 Å². The summed E-state index contributed by atoms with van der Waals surface area (Å²) in [5.74, 6) is 1.68. The van der Waals surface area contributed by atoms with Crippen LogP contribution in [0.25, 0.3) is 0 Å². The third kappa shape index (κ3) is 6.06. The summed E-state index contributed by atoms with van der Waals surface area (Å²) in [5.41, 5.74) is 0. The largest absolute Gasteiger partial charge is 0.369 e. The molecule has 1 rings (SSSR count). The Morgan fingerprint density at radius 2 is 1.76 bits per heavy atom. The Morgan fingerprint density at radius 3 is 2.35 bits per heavy atom. The van der Waals surface area contributed by atoms with Gasteiger partial charge in [0.1, 0.15) is 11.6 Å². The predicted octanol–water partition coefficient (Wildman–Crippen LogP) is 1.66. The molecular weight excluding hydrogens is 214 g/mol. The van der Waals surface area contributed by atoms with E-state index in [1.165, 1.54) is 0 Å². The van der Waals surface area contributed by atoms with Gasteiger partial charge in [0, 0.05) is 13.1 Å². The number of hydrogen-bond donors (Lipinski definition) is 2. The van der Waals surface area contributed by atoms with Crippen molar-refractivity contribution in [3.05, 3.63) is 12.4 Å². The van der Waals surface area contributed by atoms with Crippen LogP contribution in [-0.4, -0.2) is 48.6 Å². The van der Waals surface area contributed by atoms with Crippen molar-refractivity contribution >= 4 is 11.6 Å². The molecular formula is C12H23N5. The lowest BCUT2D eigenvalue weighted by Crippen LogP contribution is -2.16. The van der Waals surface area contributed by atoms with Gasteiger partial charge in [0.05, 0.1) is 12.4 Å². The van der Waals surface area contributed by atoms with Gasteiger partial charge in [-0.05, 0) is 33.5 Å². The monoisotopic (exact) mass is 237 g/mol. The molecule has 0 fully saturated rings. The van der Waals surface area contributed by atoms with Gasteiger partial charge in [0.25, 0.3) is 0 Å². The highest BCUT2D eigenvalue weighted by atomic mass is 15.1. The first-order valence-electron chi connectivity index (χ1n) is 6.17. The van der Waals surface area contributed by atoms with E-state index in [9.17, 15) is 0 Å². The maximum atomic E-state index is 4.43. The average Bonchev–Trinajstić information content (AvgIpc) is 2.32. The minimum atomic E-state index is 0.837. The van der Waals surface area contributed by atoms with Gasteiger partial charge in [-0.25, -0.2) is 4.98 Å². The number of nitrogens with zero attached hydrogens (tertiary/aromatic N) is 3. The van der Waals surface area contributed by atoms with Crippen LogP contribution in [0.1, 0.15) is 19.8 Å². The van der Waals surface area contributed by atoms with Crippen LogP contribution < -0.4 is 10.6 Å². The van der Waals surface area contributed by atoms with Gasteiger partial charge in [-0.2, -0.15) is 0 Å². The smallest absolute Gasteiger partial charge is 0.146 e. The molecule has 0 aliphatic rings. The van der Waals surface area contributed by atoms with Crippen molar-refractivity contribution in [1.29, 1.82) is 0 Å². The van der Waals surface area contributed by atoms with E-state index in [1.54, 1.807) is 12.4 Å². The summed E-state index contributed by atoms with van der Waals surface area (Å²) in [7, 11) is 4.16. The summed E-state index contributed by atoms with van der Waals surface area (Å²) in [6.07, 6.45) is 5.69. The Kier molecular flexibility index (Phi) is 6.32. The molecule has 5 heteroatoms. The highest BCUT2D eigenvalue weighted by molar-refractivity contribution is 5.41. The van der Waals surface area contributed by atoms with Crippen LogP contribution in [0.2, 0.25) is 0 Å².